The monoisotopic (exact) mass is 281 g/mol. The molecule has 0 saturated carbocycles. The van der Waals surface area contributed by atoms with E-state index >= 15 is 0 Å². The SMILES string of the molecule is CCCOc1ccc(C2CS(=O)C(C)CCN2)cc1. The molecule has 1 aromatic carbocycles. The number of nitrogens with one attached hydrogen (secondary N) is 1. The van der Waals surface area contributed by atoms with Crippen LogP contribution in [-0.2, 0) is 10.8 Å². The van der Waals surface area contributed by atoms with Gasteiger partial charge in [-0.25, -0.2) is 0 Å². The van der Waals surface area contributed by atoms with Crippen molar-refractivity contribution in [1.29, 1.82) is 0 Å². The van der Waals surface area contributed by atoms with Gasteiger partial charge in [-0.05, 0) is 37.1 Å². The first kappa shape index (κ1) is 14.5. The number of hydrogen-bond donors (Lipinski definition) is 1. The molecule has 1 saturated heterocycles. The number of rotatable bonds is 4. The lowest BCUT2D eigenvalue weighted by Gasteiger charge is -2.16. The average Bonchev–Trinajstić information content (AvgIpc) is 2.60. The van der Waals surface area contributed by atoms with Crippen molar-refractivity contribution in [3.63, 3.8) is 0 Å². The molecule has 2 rings (SSSR count). The number of benzene rings is 1. The van der Waals surface area contributed by atoms with Gasteiger partial charge in [0, 0.05) is 27.8 Å². The second kappa shape index (κ2) is 7.06. The van der Waals surface area contributed by atoms with Crippen LogP contribution in [0.3, 0.4) is 0 Å². The Morgan fingerprint density at radius 1 is 1.37 bits per heavy atom. The van der Waals surface area contributed by atoms with Crippen LogP contribution in [0.2, 0.25) is 0 Å². The fourth-order valence-corrected chi connectivity index (χ4v) is 3.56. The predicted octanol–water partition coefficient (Wildman–Crippen LogP) is 2.65. The minimum atomic E-state index is -0.737. The fraction of sp³-hybridized carbons (Fsp3) is 0.600. The molecule has 3 unspecified atom stereocenters. The molecule has 1 aliphatic heterocycles. The Morgan fingerprint density at radius 3 is 2.79 bits per heavy atom. The molecular formula is C15H23NO2S. The topological polar surface area (TPSA) is 38.3 Å². The zero-order valence-corrected chi connectivity index (χ0v) is 12.5. The van der Waals surface area contributed by atoms with Crippen LogP contribution < -0.4 is 10.1 Å². The van der Waals surface area contributed by atoms with Crippen molar-refractivity contribution in [2.75, 3.05) is 18.9 Å². The quantitative estimate of drug-likeness (QED) is 0.922. The van der Waals surface area contributed by atoms with Crippen LogP contribution in [-0.4, -0.2) is 28.4 Å². The summed E-state index contributed by atoms with van der Waals surface area (Å²) >= 11 is 0. The van der Waals surface area contributed by atoms with Gasteiger partial charge in [-0.2, -0.15) is 0 Å². The van der Waals surface area contributed by atoms with Crippen molar-refractivity contribution in [3.8, 4) is 5.75 Å². The van der Waals surface area contributed by atoms with E-state index in [4.69, 9.17) is 4.74 Å². The van der Waals surface area contributed by atoms with Crippen molar-refractivity contribution < 1.29 is 8.95 Å². The van der Waals surface area contributed by atoms with Crippen LogP contribution in [0.15, 0.2) is 24.3 Å². The Balaban J connectivity index is 2.02. The summed E-state index contributed by atoms with van der Waals surface area (Å²) in [6, 6.07) is 8.37. The highest BCUT2D eigenvalue weighted by Gasteiger charge is 2.22. The van der Waals surface area contributed by atoms with Crippen LogP contribution >= 0.6 is 0 Å². The first-order valence-electron chi connectivity index (χ1n) is 7.04. The Kier molecular flexibility index (Phi) is 5.40. The molecule has 19 heavy (non-hydrogen) atoms. The van der Waals surface area contributed by atoms with Gasteiger partial charge >= 0.3 is 0 Å². The van der Waals surface area contributed by atoms with E-state index in [1.165, 1.54) is 5.56 Å². The van der Waals surface area contributed by atoms with Gasteiger partial charge in [-0.3, -0.25) is 4.21 Å². The zero-order valence-electron chi connectivity index (χ0n) is 11.7. The maximum absolute atomic E-state index is 12.1. The molecule has 1 aliphatic rings. The Bertz CT molecular complexity index is 419. The summed E-state index contributed by atoms with van der Waals surface area (Å²) in [5, 5.41) is 3.78. The molecule has 3 nitrogen and oxygen atoms in total. The molecule has 0 aliphatic carbocycles. The lowest BCUT2D eigenvalue weighted by molar-refractivity contribution is 0.317. The van der Waals surface area contributed by atoms with Gasteiger partial charge < -0.3 is 10.1 Å². The normalized spacial score (nSPS) is 27.8. The van der Waals surface area contributed by atoms with Crippen molar-refractivity contribution >= 4 is 10.8 Å². The third-order valence-corrected chi connectivity index (χ3v) is 5.27. The molecule has 3 atom stereocenters. The highest BCUT2D eigenvalue weighted by atomic mass is 32.2. The molecule has 0 radical (unpaired) electrons. The molecule has 1 heterocycles. The largest absolute Gasteiger partial charge is 0.494 e. The smallest absolute Gasteiger partial charge is 0.119 e. The van der Waals surface area contributed by atoms with Gasteiger partial charge in [0.15, 0.2) is 0 Å². The number of ether oxygens (including phenoxy) is 1. The summed E-state index contributed by atoms with van der Waals surface area (Å²) in [7, 11) is -0.737. The van der Waals surface area contributed by atoms with Crippen LogP contribution in [0.1, 0.15) is 38.3 Å². The van der Waals surface area contributed by atoms with E-state index < -0.39 is 10.8 Å². The van der Waals surface area contributed by atoms with Crippen molar-refractivity contribution in [1.82, 2.24) is 5.32 Å². The molecule has 1 N–H and O–H groups in total. The molecule has 4 heteroatoms. The van der Waals surface area contributed by atoms with Gasteiger partial charge in [-0.1, -0.05) is 26.0 Å². The third-order valence-electron chi connectivity index (χ3n) is 3.48. The molecule has 106 valence electrons. The van der Waals surface area contributed by atoms with Gasteiger partial charge in [-0.15, -0.1) is 0 Å². The molecule has 1 aromatic rings. The van der Waals surface area contributed by atoms with E-state index in [-0.39, 0.29) is 6.04 Å². The van der Waals surface area contributed by atoms with E-state index in [9.17, 15) is 4.21 Å². The second-order valence-corrected chi connectivity index (χ2v) is 6.97. The summed E-state index contributed by atoms with van der Waals surface area (Å²) in [5.41, 5.74) is 1.20. The summed E-state index contributed by atoms with van der Waals surface area (Å²) in [4.78, 5) is 0. The first-order valence-corrected chi connectivity index (χ1v) is 8.42. The van der Waals surface area contributed by atoms with Crippen LogP contribution in [0.25, 0.3) is 0 Å². The summed E-state index contributed by atoms with van der Waals surface area (Å²) < 4.78 is 17.6. The highest BCUT2D eigenvalue weighted by molar-refractivity contribution is 7.85. The molecule has 0 amide bonds. The van der Waals surface area contributed by atoms with Crippen molar-refractivity contribution in [2.24, 2.45) is 0 Å². The van der Waals surface area contributed by atoms with Gasteiger partial charge in [0.25, 0.3) is 0 Å². The minimum Gasteiger partial charge on any atom is -0.494 e. The lowest BCUT2D eigenvalue weighted by Crippen LogP contribution is -2.23. The standard InChI is InChI=1S/C15H23NO2S/c1-3-10-18-14-6-4-13(5-7-14)15-11-19(17)12(2)8-9-16-15/h4-7,12,15-16H,3,8-11H2,1-2H3. The molecular weight excluding hydrogens is 258 g/mol. The van der Waals surface area contributed by atoms with Gasteiger partial charge in [0.05, 0.1) is 6.61 Å². The van der Waals surface area contributed by atoms with E-state index in [0.29, 0.717) is 11.0 Å². The maximum atomic E-state index is 12.1. The second-order valence-electron chi connectivity index (χ2n) is 5.07. The van der Waals surface area contributed by atoms with Crippen LogP contribution in [0.4, 0.5) is 0 Å². The third kappa shape index (κ3) is 4.05. The zero-order chi connectivity index (χ0) is 13.7. The summed E-state index contributed by atoms with van der Waals surface area (Å²) in [6.07, 6.45) is 2.00. The van der Waals surface area contributed by atoms with Crippen molar-refractivity contribution in [2.45, 2.75) is 38.0 Å². The van der Waals surface area contributed by atoms with E-state index in [0.717, 1.165) is 31.7 Å². The number of hydrogen-bond acceptors (Lipinski definition) is 3. The van der Waals surface area contributed by atoms with E-state index in [1.54, 1.807) is 0 Å². The fourth-order valence-electron chi connectivity index (χ4n) is 2.21. The van der Waals surface area contributed by atoms with E-state index in [2.05, 4.69) is 31.3 Å². The Hall–Kier alpha value is -0.870. The van der Waals surface area contributed by atoms with Crippen LogP contribution in [0.5, 0.6) is 5.75 Å². The molecule has 0 aromatic heterocycles. The molecule has 1 fully saturated rings. The highest BCUT2D eigenvalue weighted by Crippen LogP contribution is 2.22. The lowest BCUT2D eigenvalue weighted by atomic mass is 10.1. The molecule has 0 bridgehead atoms. The Labute approximate surface area is 118 Å². The van der Waals surface area contributed by atoms with E-state index in [1.807, 2.05) is 12.1 Å². The minimum absolute atomic E-state index is 0.200. The molecule has 0 spiro atoms. The average molecular weight is 281 g/mol. The van der Waals surface area contributed by atoms with Gasteiger partial charge in [0.2, 0.25) is 0 Å². The van der Waals surface area contributed by atoms with Crippen LogP contribution in [0, 0.1) is 0 Å². The first-order chi connectivity index (χ1) is 9.20. The predicted molar refractivity (Wildman–Crippen MR) is 80.1 cm³/mol. The summed E-state index contributed by atoms with van der Waals surface area (Å²) in [6.45, 7) is 5.86. The summed E-state index contributed by atoms with van der Waals surface area (Å²) in [5.74, 6) is 1.62. The maximum Gasteiger partial charge on any atom is 0.119 e. The Morgan fingerprint density at radius 2 is 2.11 bits per heavy atom. The van der Waals surface area contributed by atoms with Gasteiger partial charge in [0.1, 0.15) is 5.75 Å². The van der Waals surface area contributed by atoms with Crippen molar-refractivity contribution in [3.05, 3.63) is 29.8 Å².